The molecular formula is C18H26O2. The Morgan fingerprint density at radius 1 is 1.10 bits per heavy atom. The minimum Gasteiger partial charge on any atom is -0.393 e. The molecule has 0 aromatic carbocycles. The molecule has 4 aliphatic carbocycles. The van der Waals surface area contributed by atoms with Crippen LogP contribution in [-0.4, -0.2) is 17.0 Å². The Morgan fingerprint density at radius 3 is 2.80 bits per heavy atom. The summed E-state index contributed by atoms with van der Waals surface area (Å²) in [6.07, 6.45) is 10.9. The van der Waals surface area contributed by atoms with Crippen LogP contribution < -0.4 is 0 Å². The van der Waals surface area contributed by atoms with Gasteiger partial charge in [-0.25, -0.2) is 0 Å². The molecular weight excluding hydrogens is 248 g/mol. The zero-order chi connectivity index (χ0) is 13.9. The topological polar surface area (TPSA) is 37.3 Å². The number of aliphatic hydroxyl groups excluding tert-OH is 1. The van der Waals surface area contributed by atoms with E-state index in [-0.39, 0.29) is 11.5 Å². The first-order valence-electron chi connectivity index (χ1n) is 8.51. The molecule has 0 radical (unpaired) electrons. The summed E-state index contributed by atoms with van der Waals surface area (Å²) >= 11 is 0. The third-order valence-corrected chi connectivity index (χ3v) is 7.25. The summed E-state index contributed by atoms with van der Waals surface area (Å²) in [4.78, 5) is 11.6. The molecule has 0 saturated heterocycles. The average molecular weight is 274 g/mol. The summed E-state index contributed by atoms with van der Waals surface area (Å²) in [6, 6.07) is 0. The van der Waals surface area contributed by atoms with Crippen molar-refractivity contribution in [2.45, 2.75) is 64.4 Å². The van der Waals surface area contributed by atoms with E-state index in [1.54, 1.807) is 0 Å². The molecule has 3 fully saturated rings. The number of carbonyl (C=O) groups excluding carboxylic acids is 1. The van der Waals surface area contributed by atoms with Crippen LogP contribution in [0.5, 0.6) is 0 Å². The van der Waals surface area contributed by atoms with E-state index < -0.39 is 0 Å². The second-order valence-electron chi connectivity index (χ2n) is 7.94. The first-order valence-corrected chi connectivity index (χ1v) is 8.51. The fourth-order valence-corrected chi connectivity index (χ4v) is 6.15. The number of aliphatic hydroxyl groups is 1. The maximum atomic E-state index is 11.6. The van der Waals surface area contributed by atoms with E-state index in [0.717, 1.165) is 43.4 Å². The Balaban J connectivity index is 1.63. The highest BCUT2D eigenvalue weighted by atomic mass is 16.3. The van der Waals surface area contributed by atoms with Crippen molar-refractivity contribution < 1.29 is 9.90 Å². The second kappa shape index (κ2) is 4.43. The summed E-state index contributed by atoms with van der Waals surface area (Å²) in [5.41, 5.74) is 1.65. The van der Waals surface area contributed by atoms with Crippen LogP contribution in [0, 0.1) is 29.1 Å². The van der Waals surface area contributed by atoms with E-state index in [1.165, 1.54) is 31.3 Å². The molecule has 0 heterocycles. The van der Waals surface area contributed by atoms with Crippen molar-refractivity contribution in [2.75, 3.05) is 0 Å². The largest absolute Gasteiger partial charge is 0.393 e. The lowest BCUT2D eigenvalue weighted by atomic mass is 9.52. The maximum absolute atomic E-state index is 11.6. The summed E-state index contributed by atoms with van der Waals surface area (Å²) in [5, 5.41) is 10.4. The number of rotatable bonds is 0. The molecule has 3 saturated carbocycles. The highest BCUT2D eigenvalue weighted by Crippen LogP contribution is 2.61. The molecule has 0 amide bonds. The van der Waals surface area contributed by atoms with Gasteiger partial charge in [-0.05, 0) is 80.1 Å². The number of fused-ring (bicyclic) bond motifs is 5. The van der Waals surface area contributed by atoms with E-state index in [0.29, 0.717) is 11.7 Å². The molecule has 0 aromatic rings. The van der Waals surface area contributed by atoms with Crippen LogP contribution in [0.25, 0.3) is 0 Å². The van der Waals surface area contributed by atoms with Gasteiger partial charge in [0.05, 0.1) is 6.10 Å². The summed E-state index contributed by atoms with van der Waals surface area (Å²) < 4.78 is 0. The van der Waals surface area contributed by atoms with E-state index >= 15 is 0 Å². The van der Waals surface area contributed by atoms with Gasteiger partial charge in [-0.1, -0.05) is 12.5 Å². The monoisotopic (exact) mass is 274 g/mol. The first-order chi connectivity index (χ1) is 9.59. The molecule has 0 spiro atoms. The Bertz CT molecular complexity index is 466. The van der Waals surface area contributed by atoms with E-state index in [1.807, 2.05) is 6.08 Å². The lowest BCUT2D eigenvalue weighted by Crippen LogP contribution is -2.47. The number of hydrogen-bond donors (Lipinski definition) is 1. The lowest BCUT2D eigenvalue weighted by Gasteiger charge is -2.53. The number of hydrogen-bond acceptors (Lipinski definition) is 2. The summed E-state index contributed by atoms with van der Waals surface area (Å²) in [6.45, 7) is 2.33. The SMILES string of the molecule is C[C@]12CC[C@@H]3[C@H](CCC4=CC(=O)CC[C@@H]43)C1CC[C@@H]2O. The number of allylic oxidation sites excluding steroid dienone is 1. The molecule has 4 aliphatic rings. The van der Waals surface area contributed by atoms with Crippen LogP contribution in [0.2, 0.25) is 0 Å². The van der Waals surface area contributed by atoms with Crippen molar-refractivity contribution >= 4 is 5.78 Å². The van der Waals surface area contributed by atoms with Crippen molar-refractivity contribution in [2.24, 2.45) is 29.1 Å². The molecule has 4 rings (SSSR count). The van der Waals surface area contributed by atoms with Gasteiger partial charge < -0.3 is 5.11 Å². The molecule has 0 aromatic heterocycles. The van der Waals surface area contributed by atoms with Gasteiger partial charge in [0.2, 0.25) is 0 Å². The molecule has 2 heteroatoms. The highest BCUT2D eigenvalue weighted by molar-refractivity contribution is 5.91. The zero-order valence-electron chi connectivity index (χ0n) is 12.5. The fourth-order valence-electron chi connectivity index (χ4n) is 6.15. The van der Waals surface area contributed by atoms with Crippen LogP contribution in [0.1, 0.15) is 58.3 Å². The van der Waals surface area contributed by atoms with Crippen LogP contribution >= 0.6 is 0 Å². The van der Waals surface area contributed by atoms with Gasteiger partial charge in [-0.2, -0.15) is 0 Å². The van der Waals surface area contributed by atoms with Crippen molar-refractivity contribution in [3.8, 4) is 0 Å². The van der Waals surface area contributed by atoms with Gasteiger partial charge in [-0.3, -0.25) is 4.79 Å². The molecule has 0 aliphatic heterocycles. The van der Waals surface area contributed by atoms with Crippen LogP contribution in [0.3, 0.4) is 0 Å². The highest BCUT2D eigenvalue weighted by Gasteiger charge is 2.55. The van der Waals surface area contributed by atoms with E-state index in [9.17, 15) is 9.90 Å². The van der Waals surface area contributed by atoms with E-state index in [4.69, 9.17) is 0 Å². The standard InChI is InChI=1S/C18H26O2/c1-18-9-8-14-13-5-3-12(19)10-11(13)2-4-15(14)16(18)6-7-17(18)20/h10,13-17,20H,2-9H2,1H3/t13-,14-,15-,16?,17-,18-/m0/s1. The smallest absolute Gasteiger partial charge is 0.155 e. The fraction of sp³-hybridized carbons (Fsp3) is 0.833. The third kappa shape index (κ3) is 1.70. The Morgan fingerprint density at radius 2 is 1.95 bits per heavy atom. The number of ketones is 1. The average Bonchev–Trinajstić information content (AvgIpc) is 2.74. The molecule has 2 nitrogen and oxygen atoms in total. The van der Waals surface area contributed by atoms with Gasteiger partial charge in [-0.15, -0.1) is 0 Å². The van der Waals surface area contributed by atoms with E-state index in [2.05, 4.69) is 6.92 Å². The first kappa shape index (κ1) is 13.1. The van der Waals surface area contributed by atoms with Gasteiger partial charge in [0.25, 0.3) is 0 Å². The Labute approximate surface area is 121 Å². The number of carbonyl (C=O) groups is 1. The molecule has 0 bridgehead atoms. The lowest BCUT2D eigenvalue weighted by molar-refractivity contribution is -0.116. The van der Waals surface area contributed by atoms with Crippen molar-refractivity contribution in [3.63, 3.8) is 0 Å². The van der Waals surface area contributed by atoms with Crippen molar-refractivity contribution in [1.82, 2.24) is 0 Å². The van der Waals surface area contributed by atoms with Gasteiger partial charge in [0.1, 0.15) is 0 Å². The summed E-state index contributed by atoms with van der Waals surface area (Å²) in [5.74, 6) is 3.38. The van der Waals surface area contributed by atoms with Gasteiger partial charge in [0, 0.05) is 6.42 Å². The summed E-state index contributed by atoms with van der Waals surface area (Å²) in [7, 11) is 0. The van der Waals surface area contributed by atoms with Gasteiger partial charge in [0.15, 0.2) is 5.78 Å². The minimum atomic E-state index is -0.0710. The zero-order valence-corrected chi connectivity index (χ0v) is 12.5. The molecule has 1 N–H and O–H groups in total. The predicted molar refractivity (Wildman–Crippen MR) is 78.1 cm³/mol. The van der Waals surface area contributed by atoms with Crippen molar-refractivity contribution in [1.29, 1.82) is 0 Å². The van der Waals surface area contributed by atoms with Crippen LogP contribution in [0.4, 0.5) is 0 Å². The quantitative estimate of drug-likeness (QED) is 0.734. The molecule has 20 heavy (non-hydrogen) atoms. The molecule has 6 atom stereocenters. The van der Waals surface area contributed by atoms with Crippen LogP contribution in [-0.2, 0) is 4.79 Å². The normalized spacial score (nSPS) is 51.0. The molecule has 110 valence electrons. The maximum Gasteiger partial charge on any atom is 0.155 e. The predicted octanol–water partition coefficient (Wildman–Crippen LogP) is 3.49. The molecule has 1 unspecified atom stereocenters. The second-order valence-corrected chi connectivity index (χ2v) is 7.94. The third-order valence-electron chi connectivity index (χ3n) is 7.25. The Kier molecular flexibility index (Phi) is 2.89. The van der Waals surface area contributed by atoms with Crippen LogP contribution in [0.15, 0.2) is 11.6 Å². The van der Waals surface area contributed by atoms with Gasteiger partial charge >= 0.3 is 0 Å². The van der Waals surface area contributed by atoms with Crippen molar-refractivity contribution in [3.05, 3.63) is 11.6 Å². The minimum absolute atomic E-state index is 0.0710. The Hall–Kier alpha value is -0.630.